The first-order valence-electron chi connectivity index (χ1n) is 7.93. The Hall–Kier alpha value is -2.86. The number of rotatable bonds is 2. The van der Waals surface area contributed by atoms with Crippen LogP contribution in [0.3, 0.4) is 0 Å². The maximum Gasteiger partial charge on any atom is 0.263 e. The van der Waals surface area contributed by atoms with Crippen molar-refractivity contribution in [2.75, 3.05) is 0 Å². The average Bonchev–Trinajstić information content (AvgIpc) is 3.18. The summed E-state index contributed by atoms with van der Waals surface area (Å²) in [5.74, 6) is -0.224. The molecule has 126 valence electrons. The standard InChI is InChI=1S/C19H17N3O2S/c1-14(23)21-19-20-11-12-25(19,16-8-3-2-4-9-16)22-13-15-7-5-6-10-17(15)18(22)24/h2-12H,13H2,1H3,(H,20,21,23). The van der Waals surface area contributed by atoms with E-state index < -0.39 is 10.2 Å². The number of nitrogens with one attached hydrogen (secondary N) is 1. The molecule has 5 nitrogen and oxygen atoms in total. The minimum Gasteiger partial charge on any atom is -0.305 e. The SMILES string of the molecule is CC(=O)NC1=NC=CS1(c1ccccc1)N1Cc2ccccc2C1=O. The van der Waals surface area contributed by atoms with Crippen LogP contribution in [-0.2, 0) is 11.3 Å². The summed E-state index contributed by atoms with van der Waals surface area (Å²) < 4.78 is 1.85. The first kappa shape index (κ1) is 15.7. The van der Waals surface area contributed by atoms with E-state index in [1.54, 1.807) is 6.20 Å². The Morgan fingerprint density at radius 3 is 2.56 bits per heavy atom. The third-order valence-electron chi connectivity index (χ3n) is 4.27. The minimum absolute atomic E-state index is 0.0287. The van der Waals surface area contributed by atoms with Crippen LogP contribution in [0.1, 0.15) is 22.8 Å². The number of carbonyl (C=O) groups excluding carboxylic acids is 2. The van der Waals surface area contributed by atoms with Crippen LogP contribution in [-0.4, -0.2) is 21.3 Å². The first-order chi connectivity index (χ1) is 12.1. The average molecular weight is 351 g/mol. The predicted molar refractivity (Wildman–Crippen MR) is 99.0 cm³/mol. The third-order valence-corrected chi connectivity index (χ3v) is 7.56. The molecule has 0 aromatic heterocycles. The quantitative estimate of drug-likeness (QED) is 0.901. The van der Waals surface area contributed by atoms with Gasteiger partial charge < -0.3 is 5.32 Å². The van der Waals surface area contributed by atoms with Crippen molar-refractivity contribution in [1.82, 2.24) is 9.62 Å². The molecule has 2 aliphatic heterocycles. The number of aliphatic imine (C=N–C) groups is 1. The van der Waals surface area contributed by atoms with Gasteiger partial charge in [0.1, 0.15) is 0 Å². The smallest absolute Gasteiger partial charge is 0.263 e. The van der Waals surface area contributed by atoms with E-state index in [0.29, 0.717) is 17.3 Å². The largest absolute Gasteiger partial charge is 0.305 e. The predicted octanol–water partition coefficient (Wildman–Crippen LogP) is 3.40. The molecular weight excluding hydrogens is 334 g/mol. The van der Waals surface area contributed by atoms with Crippen molar-refractivity contribution in [3.8, 4) is 0 Å². The number of benzene rings is 2. The Labute approximate surface area is 147 Å². The monoisotopic (exact) mass is 351 g/mol. The lowest BCUT2D eigenvalue weighted by molar-refractivity contribution is -0.117. The molecule has 0 saturated carbocycles. The normalized spacial score (nSPS) is 23.8. The summed E-state index contributed by atoms with van der Waals surface area (Å²) in [6.45, 7) is 1.96. The van der Waals surface area contributed by atoms with Crippen molar-refractivity contribution in [2.45, 2.75) is 18.4 Å². The second kappa shape index (κ2) is 5.89. The molecule has 6 heteroatoms. The maximum atomic E-state index is 13.1. The molecule has 1 atom stereocenters. The molecule has 25 heavy (non-hydrogen) atoms. The third kappa shape index (κ3) is 2.37. The summed E-state index contributed by atoms with van der Waals surface area (Å²) in [6.07, 6.45) is 1.68. The van der Waals surface area contributed by atoms with Gasteiger partial charge in [-0.05, 0) is 23.8 Å². The number of nitrogens with zero attached hydrogens (tertiary/aromatic N) is 2. The van der Waals surface area contributed by atoms with Crippen molar-refractivity contribution in [3.05, 3.63) is 77.3 Å². The Morgan fingerprint density at radius 1 is 1.12 bits per heavy atom. The minimum atomic E-state index is -2.05. The highest BCUT2D eigenvalue weighted by atomic mass is 32.3. The summed E-state index contributed by atoms with van der Waals surface area (Å²) in [5.41, 5.74) is 1.71. The molecule has 0 spiro atoms. The van der Waals surface area contributed by atoms with Crippen LogP contribution >= 0.6 is 10.2 Å². The highest BCUT2D eigenvalue weighted by Gasteiger charge is 2.45. The molecule has 1 unspecified atom stereocenters. The fourth-order valence-electron chi connectivity index (χ4n) is 3.18. The van der Waals surface area contributed by atoms with E-state index in [2.05, 4.69) is 10.3 Å². The van der Waals surface area contributed by atoms with Crippen molar-refractivity contribution in [3.63, 3.8) is 0 Å². The Morgan fingerprint density at radius 2 is 1.84 bits per heavy atom. The first-order valence-corrected chi connectivity index (χ1v) is 9.58. The molecule has 0 fully saturated rings. The lowest BCUT2D eigenvalue weighted by atomic mass is 10.1. The van der Waals surface area contributed by atoms with Gasteiger partial charge in [-0.3, -0.25) is 13.9 Å². The lowest BCUT2D eigenvalue weighted by Gasteiger charge is -2.43. The molecule has 0 radical (unpaired) electrons. The molecule has 0 saturated heterocycles. The van der Waals surface area contributed by atoms with Crippen molar-refractivity contribution >= 4 is 27.2 Å². The van der Waals surface area contributed by atoms with Gasteiger partial charge in [-0.1, -0.05) is 46.6 Å². The van der Waals surface area contributed by atoms with Gasteiger partial charge in [0.25, 0.3) is 5.91 Å². The summed E-state index contributed by atoms with van der Waals surface area (Å²) in [5, 5.41) is 5.34. The number of fused-ring (bicyclic) bond motifs is 1. The van der Waals surface area contributed by atoms with Crippen LogP contribution in [0.2, 0.25) is 0 Å². The van der Waals surface area contributed by atoms with Gasteiger partial charge >= 0.3 is 0 Å². The fraction of sp³-hybridized carbons (Fsp3) is 0.105. The van der Waals surface area contributed by atoms with Crippen LogP contribution < -0.4 is 5.32 Å². The fourth-order valence-corrected chi connectivity index (χ4v) is 6.33. The van der Waals surface area contributed by atoms with Gasteiger partial charge in [-0.2, -0.15) is 0 Å². The number of hydrogen-bond donors (Lipinski definition) is 1. The summed E-state index contributed by atoms with van der Waals surface area (Å²) in [4.78, 5) is 30.2. The van der Waals surface area contributed by atoms with Crippen molar-refractivity contribution in [1.29, 1.82) is 0 Å². The van der Waals surface area contributed by atoms with Gasteiger partial charge in [-0.25, -0.2) is 4.99 Å². The number of carbonyl (C=O) groups is 2. The Balaban J connectivity index is 1.87. The zero-order valence-corrected chi connectivity index (χ0v) is 14.5. The van der Waals surface area contributed by atoms with Gasteiger partial charge in [0.15, 0.2) is 5.17 Å². The summed E-state index contributed by atoms with van der Waals surface area (Å²) in [6, 6.07) is 17.4. The number of hydrogen-bond acceptors (Lipinski definition) is 3. The molecule has 2 heterocycles. The van der Waals surface area contributed by atoms with Gasteiger partial charge in [0, 0.05) is 29.0 Å². The van der Waals surface area contributed by atoms with E-state index in [-0.39, 0.29) is 11.8 Å². The molecular formula is C19H17N3O2S. The maximum absolute atomic E-state index is 13.1. The second-order valence-electron chi connectivity index (χ2n) is 5.84. The second-order valence-corrected chi connectivity index (χ2v) is 8.66. The van der Waals surface area contributed by atoms with Gasteiger partial charge in [-0.15, -0.1) is 0 Å². The van der Waals surface area contributed by atoms with Crippen LogP contribution in [0.4, 0.5) is 0 Å². The zero-order chi connectivity index (χ0) is 17.4. The van der Waals surface area contributed by atoms with Crippen molar-refractivity contribution < 1.29 is 9.59 Å². The highest BCUT2D eigenvalue weighted by molar-refractivity contribution is 8.46. The van der Waals surface area contributed by atoms with E-state index in [4.69, 9.17) is 0 Å². The molecule has 0 aliphatic carbocycles. The molecule has 4 rings (SSSR count). The van der Waals surface area contributed by atoms with E-state index >= 15 is 0 Å². The number of amides is 2. The summed E-state index contributed by atoms with van der Waals surface area (Å²) >= 11 is 0. The molecule has 2 aliphatic rings. The van der Waals surface area contributed by atoms with Gasteiger partial charge in [0.2, 0.25) is 5.91 Å². The Kier molecular flexibility index (Phi) is 3.69. The van der Waals surface area contributed by atoms with E-state index in [1.807, 2.05) is 64.3 Å². The highest BCUT2D eigenvalue weighted by Crippen LogP contribution is 2.64. The van der Waals surface area contributed by atoms with Crippen LogP contribution in [0.25, 0.3) is 0 Å². The number of amidine groups is 1. The molecule has 1 N–H and O–H groups in total. The van der Waals surface area contributed by atoms with Crippen molar-refractivity contribution in [2.24, 2.45) is 4.99 Å². The van der Waals surface area contributed by atoms with E-state index in [9.17, 15) is 9.59 Å². The van der Waals surface area contributed by atoms with Gasteiger partial charge in [0.05, 0.1) is 6.54 Å². The van der Waals surface area contributed by atoms with E-state index in [1.165, 1.54) is 6.92 Å². The molecule has 2 aromatic carbocycles. The van der Waals surface area contributed by atoms with Crippen LogP contribution in [0, 0.1) is 0 Å². The molecule has 0 bridgehead atoms. The molecule has 2 aromatic rings. The topological polar surface area (TPSA) is 61.8 Å². The zero-order valence-electron chi connectivity index (χ0n) is 13.7. The lowest BCUT2D eigenvalue weighted by Crippen LogP contribution is -2.39. The van der Waals surface area contributed by atoms with Crippen LogP contribution in [0.5, 0.6) is 0 Å². The summed E-state index contributed by atoms with van der Waals surface area (Å²) in [7, 11) is -2.05. The van der Waals surface area contributed by atoms with E-state index in [0.717, 1.165) is 10.5 Å². The Bertz CT molecular complexity index is 923. The van der Waals surface area contributed by atoms with Crippen LogP contribution in [0.15, 0.2) is 76.1 Å². The molecule has 2 amide bonds.